The van der Waals surface area contributed by atoms with Crippen molar-refractivity contribution in [2.45, 2.75) is 34.1 Å². The van der Waals surface area contributed by atoms with Crippen molar-refractivity contribution < 1.29 is 19.5 Å². The molecule has 19 heavy (non-hydrogen) atoms. The molecule has 0 rings (SSSR count). The van der Waals surface area contributed by atoms with Gasteiger partial charge in [-0.3, -0.25) is 9.59 Å². The molecule has 5 N–H and O–H groups in total. The van der Waals surface area contributed by atoms with Crippen LogP contribution in [-0.4, -0.2) is 36.1 Å². The molecule has 0 bridgehead atoms. The number of carboxylic acids is 1. The first-order valence-electron chi connectivity index (χ1n) is 6.10. The first-order chi connectivity index (χ1) is 8.55. The van der Waals surface area contributed by atoms with Crippen LogP contribution in [0.2, 0.25) is 0 Å². The minimum Gasteiger partial charge on any atom is -0.481 e. The Morgan fingerprint density at radius 2 is 1.58 bits per heavy atom. The number of carbonyl (C=O) groups excluding carboxylic acids is 2. The average molecular weight is 273 g/mol. The fourth-order valence-electron chi connectivity index (χ4n) is 1.08. The summed E-state index contributed by atoms with van der Waals surface area (Å²) in [6, 6.07) is -0.518. The number of nitrogens with one attached hydrogen (secondary N) is 2. The number of urea groups is 1. The zero-order valence-electron chi connectivity index (χ0n) is 11.9. The standard InChI is InChI=1S/C12H23N3O4/c1-5-12(4,9(17)18)7-15-10(19)14-6-11(2,3)8(13)16/h5-7H2,1-4H3,(H2,13,16)(H,17,18)(H2,14,15,19). The maximum Gasteiger partial charge on any atom is 0.314 e. The molecule has 0 aromatic carbocycles. The molecule has 1 unspecified atom stereocenters. The molecule has 3 amide bonds. The second kappa shape index (κ2) is 6.40. The third-order valence-electron chi connectivity index (χ3n) is 3.29. The van der Waals surface area contributed by atoms with Crippen LogP contribution in [0.3, 0.4) is 0 Å². The van der Waals surface area contributed by atoms with Gasteiger partial charge in [0.05, 0.1) is 10.8 Å². The third-order valence-corrected chi connectivity index (χ3v) is 3.29. The molecule has 1 atom stereocenters. The number of rotatable bonds is 7. The number of hydrogen-bond donors (Lipinski definition) is 4. The number of primary amides is 1. The summed E-state index contributed by atoms with van der Waals surface area (Å²) in [6.45, 7) is 6.63. The Hall–Kier alpha value is -1.79. The first kappa shape index (κ1) is 17.2. The Labute approximate surface area is 112 Å². The van der Waals surface area contributed by atoms with Gasteiger partial charge in [-0.25, -0.2) is 4.79 Å². The van der Waals surface area contributed by atoms with Crippen molar-refractivity contribution in [1.29, 1.82) is 0 Å². The van der Waals surface area contributed by atoms with E-state index in [1.54, 1.807) is 27.7 Å². The summed E-state index contributed by atoms with van der Waals surface area (Å²) in [6.07, 6.45) is 0.398. The van der Waals surface area contributed by atoms with E-state index >= 15 is 0 Å². The summed E-state index contributed by atoms with van der Waals surface area (Å²) in [5.74, 6) is -1.48. The second-order valence-corrected chi connectivity index (χ2v) is 5.50. The fraction of sp³-hybridized carbons (Fsp3) is 0.750. The summed E-state index contributed by atoms with van der Waals surface area (Å²) in [5.41, 5.74) is 3.32. The number of carboxylic acid groups (broad SMARTS) is 1. The topological polar surface area (TPSA) is 122 Å². The van der Waals surface area contributed by atoms with E-state index in [2.05, 4.69) is 10.6 Å². The average Bonchev–Trinajstić information content (AvgIpc) is 2.33. The van der Waals surface area contributed by atoms with E-state index in [1.165, 1.54) is 0 Å². The molecule has 0 spiro atoms. The van der Waals surface area contributed by atoms with E-state index in [1.807, 2.05) is 0 Å². The maximum absolute atomic E-state index is 11.5. The Morgan fingerprint density at radius 1 is 1.11 bits per heavy atom. The lowest BCUT2D eigenvalue weighted by molar-refractivity contribution is -0.147. The van der Waals surface area contributed by atoms with Crippen LogP contribution in [0.15, 0.2) is 0 Å². The molecule has 0 fully saturated rings. The zero-order valence-corrected chi connectivity index (χ0v) is 11.9. The molecule has 7 nitrogen and oxygen atoms in total. The largest absolute Gasteiger partial charge is 0.481 e. The van der Waals surface area contributed by atoms with Gasteiger partial charge in [-0.1, -0.05) is 6.92 Å². The molecule has 7 heteroatoms. The SMILES string of the molecule is CCC(C)(CNC(=O)NCC(C)(C)C(N)=O)C(=O)O. The number of carbonyl (C=O) groups is 3. The van der Waals surface area contributed by atoms with Crippen LogP contribution < -0.4 is 16.4 Å². The van der Waals surface area contributed by atoms with Gasteiger partial charge in [-0.2, -0.15) is 0 Å². The Kier molecular flexibility index (Phi) is 5.80. The van der Waals surface area contributed by atoms with Gasteiger partial charge in [0.2, 0.25) is 5.91 Å². The molecular formula is C12H23N3O4. The Bertz CT molecular complexity index is 368. The van der Waals surface area contributed by atoms with Gasteiger partial charge in [0.1, 0.15) is 0 Å². The van der Waals surface area contributed by atoms with Crippen molar-refractivity contribution in [3.8, 4) is 0 Å². The van der Waals surface area contributed by atoms with E-state index in [9.17, 15) is 14.4 Å². The van der Waals surface area contributed by atoms with Crippen LogP contribution >= 0.6 is 0 Å². The number of aliphatic carboxylic acids is 1. The van der Waals surface area contributed by atoms with Crippen LogP contribution in [0.1, 0.15) is 34.1 Å². The van der Waals surface area contributed by atoms with E-state index in [4.69, 9.17) is 10.8 Å². The molecule has 0 aliphatic heterocycles. The van der Waals surface area contributed by atoms with E-state index in [-0.39, 0.29) is 13.1 Å². The van der Waals surface area contributed by atoms with Crippen molar-refractivity contribution in [3.05, 3.63) is 0 Å². The van der Waals surface area contributed by atoms with Crippen molar-refractivity contribution in [2.75, 3.05) is 13.1 Å². The van der Waals surface area contributed by atoms with Gasteiger partial charge in [0.25, 0.3) is 0 Å². The molecule has 0 saturated heterocycles. The van der Waals surface area contributed by atoms with Crippen molar-refractivity contribution >= 4 is 17.9 Å². The molecule has 0 heterocycles. The smallest absolute Gasteiger partial charge is 0.314 e. The number of hydrogen-bond acceptors (Lipinski definition) is 3. The summed E-state index contributed by atoms with van der Waals surface area (Å²) in [7, 11) is 0. The fourth-order valence-corrected chi connectivity index (χ4v) is 1.08. The molecule has 0 aliphatic rings. The van der Waals surface area contributed by atoms with Gasteiger partial charge in [0, 0.05) is 13.1 Å². The monoisotopic (exact) mass is 273 g/mol. The lowest BCUT2D eigenvalue weighted by Gasteiger charge is -2.24. The molecule has 0 aromatic rings. The van der Waals surface area contributed by atoms with Crippen LogP contribution in [0, 0.1) is 10.8 Å². The van der Waals surface area contributed by atoms with Crippen molar-refractivity contribution in [1.82, 2.24) is 10.6 Å². The van der Waals surface area contributed by atoms with Crippen molar-refractivity contribution in [3.63, 3.8) is 0 Å². The highest BCUT2D eigenvalue weighted by atomic mass is 16.4. The molecule has 0 aliphatic carbocycles. The number of amides is 3. The van der Waals surface area contributed by atoms with Gasteiger partial charge in [-0.05, 0) is 27.2 Å². The summed E-state index contributed by atoms with van der Waals surface area (Å²) >= 11 is 0. The predicted molar refractivity (Wildman–Crippen MR) is 70.4 cm³/mol. The number of nitrogens with two attached hydrogens (primary N) is 1. The predicted octanol–water partition coefficient (Wildman–Crippen LogP) is 0.298. The van der Waals surface area contributed by atoms with E-state index in [0.717, 1.165) is 0 Å². The lowest BCUT2D eigenvalue weighted by atomic mass is 9.88. The second-order valence-electron chi connectivity index (χ2n) is 5.50. The summed E-state index contributed by atoms with van der Waals surface area (Å²) < 4.78 is 0. The molecule has 0 radical (unpaired) electrons. The van der Waals surface area contributed by atoms with Gasteiger partial charge < -0.3 is 21.5 Å². The quantitative estimate of drug-likeness (QED) is 0.533. The van der Waals surface area contributed by atoms with E-state index < -0.39 is 28.7 Å². The minimum absolute atomic E-state index is 0.0155. The highest BCUT2D eigenvalue weighted by Gasteiger charge is 2.32. The molecule has 0 aromatic heterocycles. The van der Waals surface area contributed by atoms with Crippen molar-refractivity contribution in [2.24, 2.45) is 16.6 Å². The van der Waals surface area contributed by atoms with Gasteiger partial charge >= 0.3 is 12.0 Å². The maximum atomic E-state index is 11.5. The Balaban J connectivity index is 4.28. The van der Waals surface area contributed by atoms with Crippen LogP contribution in [0.4, 0.5) is 4.79 Å². The van der Waals surface area contributed by atoms with Crippen LogP contribution in [0.25, 0.3) is 0 Å². The van der Waals surface area contributed by atoms with Crippen LogP contribution in [0.5, 0.6) is 0 Å². The van der Waals surface area contributed by atoms with Crippen LogP contribution in [-0.2, 0) is 9.59 Å². The van der Waals surface area contributed by atoms with Gasteiger partial charge in [0.15, 0.2) is 0 Å². The first-order valence-corrected chi connectivity index (χ1v) is 6.10. The third kappa shape index (κ3) is 5.15. The Morgan fingerprint density at radius 3 is 1.95 bits per heavy atom. The van der Waals surface area contributed by atoms with E-state index in [0.29, 0.717) is 6.42 Å². The highest BCUT2D eigenvalue weighted by Crippen LogP contribution is 2.19. The zero-order chi connectivity index (χ0) is 15.3. The summed E-state index contributed by atoms with van der Waals surface area (Å²) in [5, 5.41) is 14.0. The highest BCUT2D eigenvalue weighted by molar-refractivity contribution is 5.82. The molecule has 110 valence electrons. The van der Waals surface area contributed by atoms with Gasteiger partial charge in [-0.15, -0.1) is 0 Å². The minimum atomic E-state index is -1.00. The normalized spacial score (nSPS) is 14.3. The molecular weight excluding hydrogens is 250 g/mol. The summed E-state index contributed by atoms with van der Waals surface area (Å²) in [4.78, 5) is 33.6. The lowest BCUT2D eigenvalue weighted by Crippen LogP contribution is -2.48. The molecule has 0 saturated carbocycles.